The fourth-order valence-electron chi connectivity index (χ4n) is 1.54. The fourth-order valence-corrected chi connectivity index (χ4v) is 2.19. The van der Waals surface area contributed by atoms with Gasteiger partial charge in [0.25, 0.3) is 0 Å². The molecule has 1 rings (SSSR count). The second kappa shape index (κ2) is 5.57. The highest BCUT2D eigenvalue weighted by Crippen LogP contribution is 2.34. The van der Waals surface area contributed by atoms with Crippen LogP contribution in [0.2, 0.25) is 10.0 Å². The molecule has 2 nitrogen and oxygen atoms in total. The van der Waals surface area contributed by atoms with Crippen LogP contribution in [0.4, 0.5) is 0 Å². The monoisotopic (exact) mass is 275 g/mol. The zero-order chi connectivity index (χ0) is 13.2. The molecule has 0 bridgehead atoms. The zero-order valence-corrected chi connectivity index (χ0v) is 11.9. The van der Waals surface area contributed by atoms with Crippen LogP contribution in [0.1, 0.15) is 38.9 Å². The molecule has 3 N–H and O–H groups in total. The van der Waals surface area contributed by atoms with Crippen LogP contribution in [-0.2, 0) is 0 Å². The quantitative estimate of drug-likeness (QED) is 0.882. The van der Waals surface area contributed by atoms with Crippen molar-refractivity contribution in [3.63, 3.8) is 0 Å². The minimum atomic E-state index is -0.731. The maximum atomic E-state index is 10.2. The molecule has 0 saturated heterocycles. The predicted octanol–water partition coefficient (Wildman–Crippen LogP) is 3.79. The highest BCUT2D eigenvalue weighted by molar-refractivity contribution is 6.36. The Bertz CT molecular complexity index is 367. The van der Waals surface area contributed by atoms with E-state index in [2.05, 4.69) is 0 Å². The van der Waals surface area contributed by atoms with Gasteiger partial charge >= 0.3 is 0 Å². The number of rotatable bonds is 3. The van der Waals surface area contributed by atoms with Gasteiger partial charge in [-0.3, -0.25) is 0 Å². The van der Waals surface area contributed by atoms with Gasteiger partial charge in [0.05, 0.1) is 6.10 Å². The van der Waals surface area contributed by atoms with Crippen molar-refractivity contribution in [2.75, 3.05) is 0 Å². The van der Waals surface area contributed by atoms with Gasteiger partial charge in [0.15, 0.2) is 0 Å². The molecule has 0 amide bonds. The average Bonchev–Trinajstić information content (AvgIpc) is 2.15. The number of aliphatic hydroxyl groups excluding tert-OH is 1. The average molecular weight is 276 g/mol. The van der Waals surface area contributed by atoms with Crippen molar-refractivity contribution >= 4 is 23.2 Å². The fraction of sp³-hybridized carbons (Fsp3) is 0.538. The maximum Gasteiger partial charge on any atom is 0.0834 e. The normalized spacial score (nSPS) is 15.7. The Morgan fingerprint density at radius 3 is 2.12 bits per heavy atom. The summed E-state index contributed by atoms with van der Waals surface area (Å²) in [5, 5.41) is 11.1. The van der Waals surface area contributed by atoms with Crippen LogP contribution >= 0.6 is 23.2 Å². The van der Waals surface area contributed by atoms with Gasteiger partial charge < -0.3 is 10.8 Å². The molecule has 2 atom stereocenters. The summed E-state index contributed by atoms with van der Waals surface area (Å²) in [6.07, 6.45) is -0.294. The largest absolute Gasteiger partial charge is 0.388 e. The molecular formula is C13H19Cl2NO. The third-order valence-electron chi connectivity index (χ3n) is 2.92. The predicted molar refractivity (Wildman–Crippen MR) is 73.5 cm³/mol. The summed E-state index contributed by atoms with van der Waals surface area (Å²) in [4.78, 5) is 0. The van der Waals surface area contributed by atoms with Crippen molar-refractivity contribution in [3.8, 4) is 0 Å². The van der Waals surface area contributed by atoms with E-state index in [0.29, 0.717) is 22.0 Å². The lowest BCUT2D eigenvalue weighted by molar-refractivity contribution is 0.133. The number of nitrogens with two attached hydrogens (primary N) is 1. The lowest BCUT2D eigenvalue weighted by atomic mass is 9.83. The standard InChI is InChI=1S/C13H19Cl2NO/c1-13(2,3)11(16)7-10(17)12-8(14)5-4-6-9(12)15/h4-6,10-11,17H,7,16H2,1-3H3/t10-,11-/m1/s1. The molecule has 0 aliphatic heterocycles. The highest BCUT2D eigenvalue weighted by atomic mass is 35.5. The van der Waals surface area contributed by atoms with Gasteiger partial charge in [0.2, 0.25) is 0 Å². The molecule has 0 radical (unpaired) electrons. The van der Waals surface area contributed by atoms with Crippen molar-refractivity contribution in [3.05, 3.63) is 33.8 Å². The molecular weight excluding hydrogens is 257 g/mol. The van der Waals surface area contributed by atoms with Crippen molar-refractivity contribution in [2.24, 2.45) is 11.1 Å². The smallest absolute Gasteiger partial charge is 0.0834 e. The van der Waals surface area contributed by atoms with E-state index >= 15 is 0 Å². The first-order chi connectivity index (χ1) is 7.73. The number of hydrogen-bond acceptors (Lipinski definition) is 2. The molecule has 0 heterocycles. The molecule has 17 heavy (non-hydrogen) atoms. The number of hydrogen-bond donors (Lipinski definition) is 2. The highest BCUT2D eigenvalue weighted by Gasteiger charge is 2.25. The van der Waals surface area contributed by atoms with E-state index in [4.69, 9.17) is 28.9 Å². The number of benzene rings is 1. The Morgan fingerprint density at radius 2 is 1.71 bits per heavy atom. The van der Waals surface area contributed by atoms with Crippen LogP contribution in [0.5, 0.6) is 0 Å². The minimum absolute atomic E-state index is 0.0608. The number of aliphatic hydroxyl groups is 1. The first-order valence-electron chi connectivity index (χ1n) is 5.61. The number of halogens is 2. The maximum absolute atomic E-state index is 10.2. The van der Waals surface area contributed by atoms with Crippen molar-refractivity contribution in [2.45, 2.75) is 39.3 Å². The second-order valence-corrected chi connectivity index (χ2v) is 6.17. The van der Waals surface area contributed by atoms with E-state index in [1.165, 1.54) is 0 Å². The summed E-state index contributed by atoms with van der Waals surface area (Å²) in [6, 6.07) is 5.07. The van der Waals surface area contributed by atoms with Gasteiger partial charge in [-0.25, -0.2) is 0 Å². The summed E-state index contributed by atoms with van der Waals surface area (Å²) in [5.74, 6) is 0. The van der Waals surface area contributed by atoms with Gasteiger partial charge in [0.1, 0.15) is 0 Å². The van der Waals surface area contributed by atoms with E-state index in [-0.39, 0.29) is 11.5 Å². The van der Waals surface area contributed by atoms with Gasteiger partial charge in [0, 0.05) is 21.7 Å². The molecule has 0 unspecified atom stereocenters. The third kappa shape index (κ3) is 3.85. The van der Waals surface area contributed by atoms with Crippen molar-refractivity contribution < 1.29 is 5.11 Å². The van der Waals surface area contributed by atoms with Crippen LogP contribution < -0.4 is 5.73 Å². The first kappa shape index (κ1) is 14.8. The van der Waals surface area contributed by atoms with Gasteiger partial charge in [-0.15, -0.1) is 0 Å². The molecule has 1 aromatic carbocycles. The summed E-state index contributed by atoms with van der Waals surface area (Å²) in [6.45, 7) is 6.12. The molecule has 4 heteroatoms. The summed E-state index contributed by atoms with van der Waals surface area (Å²) in [5.41, 5.74) is 6.55. The van der Waals surface area contributed by atoms with Gasteiger partial charge in [-0.05, 0) is 24.0 Å². The molecule has 1 aromatic rings. The van der Waals surface area contributed by atoms with E-state index in [9.17, 15) is 5.11 Å². The SMILES string of the molecule is CC(C)(C)[C@H](N)C[C@@H](O)c1c(Cl)cccc1Cl. The second-order valence-electron chi connectivity index (χ2n) is 5.36. The topological polar surface area (TPSA) is 46.2 Å². The molecule has 0 aliphatic carbocycles. The summed E-state index contributed by atoms with van der Waals surface area (Å²) >= 11 is 12.1. The van der Waals surface area contributed by atoms with Crippen molar-refractivity contribution in [1.82, 2.24) is 0 Å². The Balaban J connectivity index is 2.87. The molecule has 0 fully saturated rings. The zero-order valence-electron chi connectivity index (χ0n) is 10.4. The van der Waals surface area contributed by atoms with Crippen molar-refractivity contribution in [1.29, 1.82) is 0 Å². The minimum Gasteiger partial charge on any atom is -0.388 e. The van der Waals surface area contributed by atoms with E-state index in [0.717, 1.165) is 0 Å². The van der Waals surface area contributed by atoms with Gasteiger partial charge in [-0.1, -0.05) is 50.0 Å². The molecule has 0 spiro atoms. The van der Waals surface area contributed by atoms with Gasteiger partial charge in [-0.2, -0.15) is 0 Å². The van der Waals surface area contributed by atoms with Crippen LogP contribution in [0, 0.1) is 5.41 Å². The lowest BCUT2D eigenvalue weighted by Gasteiger charge is -2.29. The Morgan fingerprint density at radius 1 is 1.24 bits per heavy atom. The molecule has 0 aromatic heterocycles. The molecule has 96 valence electrons. The van der Waals surface area contributed by atoms with E-state index in [1.807, 2.05) is 20.8 Å². The molecule has 0 aliphatic rings. The molecule has 0 saturated carbocycles. The summed E-state index contributed by atoms with van der Waals surface area (Å²) < 4.78 is 0. The van der Waals surface area contributed by atoms with E-state index < -0.39 is 6.10 Å². The van der Waals surface area contributed by atoms with Crippen LogP contribution in [0.15, 0.2) is 18.2 Å². The Labute approximate surface area is 113 Å². The van der Waals surface area contributed by atoms with Crippen LogP contribution in [0.3, 0.4) is 0 Å². The Kier molecular flexibility index (Phi) is 4.85. The lowest BCUT2D eigenvalue weighted by Crippen LogP contribution is -2.36. The van der Waals surface area contributed by atoms with Crippen LogP contribution in [0.25, 0.3) is 0 Å². The summed E-state index contributed by atoms with van der Waals surface area (Å²) in [7, 11) is 0. The van der Waals surface area contributed by atoms with Crippen LogP contribution in [-0.4, -0.2) is 11.1 Å². The van der Waals surface area contributed by atoms with E-state index in [1.54, 1.807) is 18.2 Å². The first-order valence-corrected chi connectivity index (χ1v) is 6.36. The third-order valence-corrected chi connectivity index (χ3v) is 3.58. The Hall–Kier alpha value is -0.280.